The van der Waals surface area contributed by atoms with Gasteiger partial charge in [0, 0.05) is 27.8 Å². The summed E-state index contributed by atoms with van der Waals surface area (Å²) in [6.45, 7) is 9.47. The Morgan fingerprint density at radius 1 is 0.302 bits per heavy atom. The van der Waals surface area contributed by atoms with Gasteiger partial charge in [0.15, 0.2) is 0 Å². The molecule has 0 spiro atoms. The third-order valence-electron chi connectivity index (χ3n) is 14.2. The molecule has 0 aliphatic heterocycles. The molecular weight excluding hydrogens is 759 g/mol. The molecule has 12 rings (SSSR count). The van der Waals surface area contributed by atoms with Gasteiger partial charge in [-0.3, -0.25) is 0 Å². The Bertz CT molecular complexity index is 3460. The molecule has 0 aromatic heterocycles. The van der Waals surface area contributed by atoms with Crippen LogP contribution in [-0.4, -0.2) is 0 Å². The number of hydrogen-bond acceptors (Lipinski definition) is 1. The molecule has 0 fully saturated rings. The van der Waals surface area contributed by atoms with Crippen LogP contribution in [0.2, 0.25) is 0 Å². The van der Waals surface area contributed by atoms with Crippen molar-refractivity contribution in [1.82, 2.24) is 0 Å². The number of hydrogen-bond donors (Lipinski definition) is 0. The summed E-state index contributed by atoms with van der Waals surface area (Å²) < 4.78 is 0. The van der Waals surface area contributed by atoms with Crippen LogP contribution < -0.4 is 4.90 Å². The Morgan fingerprint density at radius 2 is 0.873 bits per heavy atom. The smallest absolute Gasteiger partial charge is 0.0540 e. The zero-order chi connectivity index (χ0) is 42.5. The predicted molar refractivity (Wildman–Crippen MR) is 268 cm³/mol. The minimum Gasteiger partial charge on any atom is -0.310 e. The van der Waals surface area contributed by atoms with E-state index < -0.39 is 0 Å². The second-order valence-corrected chi connectivity index (χ2v) is 18.5. The number of para-hydroxylation sites is 1. The van der Waals surface area contributed by atoms with Gasteiger partial charge in [-0.1, -0.05) is 198 Å². The fraction of sp³-hybridized carbons (Fsp3) is 0.0968. The van der Waals surface area contributed by atoms with Crippen LogP contribution in [0.3, 0.4) is 0 Å². The number of nitrogens with zero attached hydrogens (tertiary/aromatic N) is 1. The van der Waals surface area contributed by atoms with E-state index in [4.69, 9.17) is 0 Å². The van der Waals surface area contributed by atoms with Gasteiger partial charge in [-0.05, 0) is 136 Å². The van der Waals surface area contributed by atoms with Crippen LogP contribution in [-0.2, 0) is 10.8 Å². The fourth-order valence-corrected chi connectivity index (χ4v) is 11.1. The van der Waals surface area contributed by atoms with Crippen molar-refractivity contribution in [3.05, 3.63) is 235 Å². The summed E-state index contributed by atoms with van der Waals surface area (Å²) in [5.41, 5.74) is 21.4. The molecule has 300 valence electrons. The summed E-state index contributed by atoms with van der Waals surface area (Å²) in [6, 6.07) is 79.1. The van der Waals surface area contributed by atoms with Crippen LogP contribution in [0.1, 0.15) is 49.9 Å². The van der Waals surface area contributed by atoms with Crippen LogP contribution in [0.15, 0.2) is 212 Å². The lowest BCUT2D eigenvalue weighted by atomic mass is 9.79. The highest BCUT2D eigenvalue weighted by Gasteiger charge is 2.38. The molecule has 0 N–H and O–H groups in total. The lowest BCUT2D eigenvalue weighted by Gasteiger charge is -2.29. The molecule has 0 saturated carbocycles. The van der Waals surface area contributed by atoms with Crippen molar-refractivity contribution >= 4 is 38.6 Å². The summed E-state index contributed by atoms with van der Waals surface area (Å²) in [6.07, 6.45) is 0. The van der Waals surface area contributed by atoms with Crippen molar-refractivity contribution < 1.29 is 0 Å². The van der Waals surface area contributed by atoms with E-state index in [1.54, 1.807) is 0 Å². The highest BCUT2D eigenvalue weighted by Crippen LogP contribution is 2.53. The van der Waals surface area contributed by atoms with E-state index in [0.29, 0.717) is 0 Å². The molecule has 10 aromatic carbocycles. The molecule has 0 atom stereocenters. The largest absolute Gasteiger partial charge is 0.310 e. The molecule has 0 saturated heterocycles. The predicted octanol–water partition coefficient (Wildman–Crippen LogP) is 17.1. The Balaban J connectivity index is 1.00. The average molecular weight is 806 g/mol. The standard InChI is InChI=1S/C62H47N/c1-61(2)56-24-10-7-20-52(56)54-36-31-42(39-58(54)61)40-29-33-46(34-30-40)63(59-26-12-9-19-50(59)45-32-35-49-44(37-45)28-27-41-15-5-6-18-48(41)49)47-17-13-16-43(38-47)51-22-14-23-55-53-21-8-11-25-57(53)62(3,4)60(51)55/h5-39H,1-4H3. The van der Waals surface area contributed by atoms with E-state index in [2.05, 4.69) is 245 Å². The first kappa shape index (κ1) is 37.3. The summed E-state index contributed by atoms with van der Waals surface area (Å²) in [5, 5.41) is 5.05. The van der Waals surface area contributed by atoms with Gasteiger partial charge in [0.25, 0.3) is 0 Å². The normalized spacial score (nSPS) is 14.0. The zero-order valence-corrected chi connectivity index (χ0v) is 36.2. The summed E-state index contributed by atoms with van der Waals surface area (Å²) in [5.74, 6) is 0. The number of benzene rings is 10. The molecule has 0 heterocycles. The molecule has 0 bridgehead atoms. The number of rotatable bonds is 6. The maximum absolute atomic E-state index is 2.46. The number of anilines is 3. The first-order chi connectivity index (χ1) is 30.8. The van der Waals surface area contributed by atoms with Crippen molar-refractivity contribution in [2.75, 3.05) is 4.90 Å². The number of fused-ring (bicyclic) bond motifs is 9. The van der Waals surface area contributed by atoms with Crippen molar-refractivity contribution in [3.63, 3.8) is 0 Å². The van der Waals surface area contributed by atoms with Crippen LogP contribution in [0.4, 0.5) is 17.1 Å². The maximum atomic E-state index is 2.46. The average Bonchev–Trinajstić information content (AvgIpc) is 3.71. The first-order valence-corrected chi connectivity index (χ1v) is 22.3. The molecular formula is C62H47N. The van der Waals surface area contributed by atoms with Gasteiger partial charge < -0.3 is 4.90 Å². The van der Waals surface area contributed by atoms with E-state index in [1.165, 1.54) is 99.4 Å². The third kappa shape index (κ3) is 5.76. The van der Waals surface area contributed by atoms with Crippen molar-refractivity contribution in [3.8, 4) is 55.6 Å². The first-order valence-electron chi connectivity index (χ1n) is 22.3. The quantitative estimate of drug-likeness (QED) is 0.151. The zero-order valence-electron chi connectivity index (χ0n) is 36.2. The topological polar surface area (TPSA) is 3.24 Å². The van der Waals surface area contributed by atoms with E-state index in [1.807, 2.05) is 0 Å². The lowest BCUT2D eigenvalue weighted by Crippen LogP contribution is -2.16. The van der Waals surface area contributed by atoms with E-state index in [9.17, 15) is 0 Å². The van der Waals surface area contributed by atoms with Gasteiger partial charge in [-0.2, -0.15) is 0 Å². The Morgan fingerprint density at radius 3 is 1.70 bits per heavy atom. The van der Waals surface area contributed by atoms with Crippen LogP contribution >= 0.6 is 0 Å². The molecule has 2 aliphatic carbocycles. The summed E-state index contributed by atoms with van der Waals surface area (Å²) in [4.78, 5) is 2.46. The molecule has 0 amide bonds. The Kier molecular flexibility index (Phi) is 8.30. The molecule has 1 heteroatoms. The van der Waals surface area contributed by atoms with Gasteiger partial charge in [-0.15, -0.1) is 0 Å². The SMILES string of the molecule is CC1(C)c2ccccc2-c2ccc(-c3ccc(N(c4cccc(-c5cccc6c5C(C)(C)c5ccccc5-6)c4)c4ccccc4-c4ccc5c(ccc6ccccc65)c4)cc3)cc21. The van der Waals surface area contributed by atoms with Gasteiger partial charge in [0.05, 0.1) is 5.69 Å². The lowest BCUT2D eigenvalue weighted by molar-refractivity contribution is 0.660. The van der Waals surface area contributed by atoms with E-state index in [-0.39, 0.29) is 10.8 Å². The second-order valence-electron chi connectivity index (χ2n) is 18.5. The van der Waals surface area contributed by atoms with Gasteiger partial charge in [-0.25, -0.2) is 0 Å². The van der Waals surface area contributed by atoms with Crippen LogP contribution in [0.25, 0.3) is 77.2 Å². The van der Waals surface area contributed by atoms with Crippen LogP contribution in [0, 0.1) is 0 Å². The van der Waals surface area contributed by atoms with E-state index >= 15 is 0 Å². The van der Waals surface area contributed by atoms with Gasteiger partial charge in [0.2, 0.25) is 0 Å². The third-order valence-corrected chi connectivity index (χ3v) is 14.2. The maximum Gasteiger partial charge on any atom is 0.0540 e. The minimum atomic E-state index is -0.127. The monoisotopic (exact) mass is 805 g/mol. The molecule has 0 radical (unpaired) electrons. The van der Waals surface area contributed by atoms with Gasteiger partial charge >= 0.3 is 0 Å². The summed E-state index contributed by atoms with van der Waals surface area (Å²) >= 11 is 0. The minimum absolute atomic E-state index is 0.0554. The molecule has 63 heavy (non-hydrogen) atoms. The van der Waals surface area contributed by atoms with Crippen molar-refractivity contribution in [2.45, 2.75) is 38.5 Å². The highest BCUT2D eigenvalue weighted by atomic mass is 15.1. The Hall–Kier alpha value is -7.48. The molecule has 1 nitrogen and oxygen atoms in total. The van der Waals surface area contributed by atoms with Crippen LogP contribution in [0.5, 0.6) is 0 Å². The molecule has 2 aliphatic rings. The summed E-state index contributed by atoms with van der Waals surface area (Å²) in [7, 11) is 0. The highest BCUT2D eigenvalue weighted by molar-refractivity contribution is 6.09. The molecule has 10 aromatic rings. The van der Waals surface area contributed by atoms with Gasteiger partial charge in [0.1, 0.15) is 0 Å². The van der Waals surface area contributed by atoms with E-state index in [0.717, 1.165) is 17.1 Å². The van der Waals surface area contributed by atoms with Crippen molar-refractivity contribution in [1.29, 1.82) is 0 Å². The fourth-order valence-electron chi connectivity index (χ4n) is 11.1. The molecule has 0 unspecified atom stereocenters. The van der Waals surface area contributed by atoms with Crippen molar-refractivity contribution in [2.24, 2.45) is 0 Å². The Labute approximate surface area is 370 Å². The second kappa shape index (κ2) is 14.0.